The number of pyridine rings is 1. The Bertz CT molecular complexity index is 3030. The van der Waals surface area contributed by atoms with Crippen molar-refractivity contribution in [3.05, 3.63) is 205 Å². The molecule has 0 amide bonds. The summed E-state index contributed by atoms with van der Waals surface area (Å²) in [7, 11) is 0. The normalized spacial score (nSPS) is 13.2. The highest BCUT2D eigenvalue weighted by molar-refractivity contribution is 7.20. The van der Waals surface area contributed by atoms with Gasteiger partial charge in [0.15, 0.2) is 6.54 Å². The first kappa shape index (κ1) is 62.2. The quantitative estimate of drug-likeness (QED) is 0.0275. The lowest BCUT2D eigenvalue weighted by atomic mass is 9.12. The van der Waals surface area contributed by atoms with Gasteiger partial charge in [-0.05, 0) is 36.4 Å². The summed E-state index contributed by atoms with van der Waals surface area (Å²) in [5.74, 6) is -0.714. The van der Waals surface area contributed by atoms with Crippen LogP contribution in [0.15, 0.2) is 140 Å². The van der Waals surface area contributed by atoms with Gasteiger partial charge in [0, 0.05) is 23.1 Å². The number of alkyl halides is 24. The molecule has 6 aromatic carbocycles. The van der Waals surface area contributed by atoms with Gasteiger partial charge in [-0.1, -0.05) is 91.0 Å². The summed E-state index contributed by atoms with van der Waals surface area (Å²) in [5, 5.41) is 11.4. The smallest absolute Gasteiger partial charge is 0.392 e. The fraction of sp³-hybridized carbons (Fsp3) is 0.200. The Morgan fingerprint density at radius 1 is 0.407 bits per heavy atom. The first-order valence-corrected chi connectivity index (χ1v) is 22.0. The number of hydrogen-bond donors (Lipinski definition) is 0. The number of benzene rings is 6. The third-order valence-corrected chi connectivity index (χ3v) is 12.1. The summed E-state index contributed by atoms with van der Waals surface area (Å²) >= 11 is 0. The van der Waals surface area contributed by atoms with Gasteiger partial charge in [0.1, 0.15) is 6.15 Å². The van der Waals surface area contributed by atoms with Gasteiger partial charge in [-0.25, -0.2) is 4.79 Å². The molecule has 0 aliphatic rings. The molecule has 81 heavy (non-hydrogen) atoms. The SMILES string of the molecule is FC(F)(F)c1cc([B-](c2cc(C(F)(F)F)cc(C(F)(F)F)c2)(c2cc(C(F)(F)F)cc(C(F)(F)F)c2)c2cc(C(F)(F)F)cc(C(F)(F)F)c2)cc(C(F)(F)F)c1.O=C(OC[N+](=O)[O-])c1ccc2ccccc2[n+]1Cc1ccccc1. The summed E-state index contributed by atoms with van der Waals surface area (Å²) in [6.07, 6.45) is -54.8. The van der Waals surface area contributed by atoms with Gasteiger partial charge in [0.25, 0.3) is 5.69 Å². The summed E-state index contributed by atoms with van der Waals surface area (Å²) < 4.78 is 347. The first-order chi connectivity index (χ1) is 36.9. The van der Waals surface area contributed by atoms with Gasteiger partial charge in [-0.2, -0.15) is 132 Å². The van der Waals surface area contributed by atoms with Crippen molar-refractivity contribution < 1.29 is 124 Å². The van der Waals surface area contributed by atoms with Crippen molar-refractivity contribution in [3.63, 3.8) is 0 Å². The van der Waals surface area contributed by atoms with Gasteiger partial charge >= 0.3 is 62.1 Å². The topological polar surface area (TPSA) is 73.3 Å². The highest BCUT2D eigenvalue weighted by Crippen LogP contribution is 2.41. The Kier molecular flexibility index (Phi) is 16.7. The van der Waals surface area contributed by atoms with Crippen LogP contribution in [0, 0.1) is 10.1 Å². The number of halogens is 24. The molecule has 0 saturated carbocycles. The number of para-hydroxylation sites is 1. The van der Waals surface area contributed by atoms with E-state index in [9.17, 15) is 120 Å². The number of ether oxygens (including phenoxy) is 1. The zero-order chi connectivity index (χ0) is 60.9. The summed E-state index contributed by atoms with van der Waals surface area (Å²) in [4.78, 5) is 22.0. The molecule has 0 atom stereocenters. The standard InChI is InChI=1S/C32H12BF24.C18H15N2O4/c34-25(35,36)13-1-14(26(37,38)39)6-21(5-13)33(22-7-15(27(40,41)42)2-16(8-22)28(43,44)45,23-9-17(29(46,47)48)3-18(10-23)30(49,50)51)24-11-19(31(52,53)54)4-20(12-24)32(55,56)57;21-18(24-13-20(22)23)17-11-10-15-8-4-5-9-16(15)19(17)12-14-6-2-1-3-7-14/h1-12H;1-11H,12-13H2/q-1;+1. The van der Waals surface area contributed by atoms with E-state index < -0.39 is 212 Å². The summed E-state index contributed by atoms with van der Waals surface area (Å²) in [6, 6.07) is 12.0. The molecule has 0 radical (unpaired) electrons. The third-order valence-electron chi connectivity index (χ3n) is 12.1. The van der Waals surface area contributed by atoms with Gasteiger partial charge in [-0.15, -0.1) is 0 Å². The number of nitro groups is 1. The molecule has 0 aliphatic heterocycles. The van der Waals surface area contributed by atoms with Crippen LogP contribution in [0.3, 0.4) is 0 Å². The molecule has 7 aromatic rings. The zero-order valence-electron chi connectivity index (χ0n) is 39.4. The summed E-state index contributed by atoms with van der Waals surface area (Å²) in [6.45, 7) is -0.387. The van der Waals surface area contributed by atoms with E-state index in [-0.39, 0.29) is 5.69 Å². The van der Waals surface area contributed by atoms with E-state index in [1.165, 1.54) is 0 Å². The van der Waals surface area contributed by atoms with Crippen LogP contribution in [-0.2, 0) is 60.7 Å². The Balaban J connectivity index is 0.000000363. The van der Waals surface area contributed by atoms with Crippen molar-refractivity contribution in [3.8, 4) is 0 Å². The van der Waals surface area contributed by atoms with Crippen LogP contribution in [0.1, 0.15) is 60.6 Å². The number of hydrogen-bond acceptors (Lipinski definition) is 4. The number of aromatic nitrogens is 1. The van der Waals surface area contributed by atoms with E-state index in [0.717, 1.165) is 16.5 Å². The van der Waals surface area contributed by atoms with Crippen molar-refractivity contribution in [2.24, 2.45) is 0 Å². The predicted molar refractivity (Wildman–Crippen MR) is 237 cm³/mol. The molecule has 0 saturated heterocycles. The fourth-order valence-corrected chi connectivity index (χ4v) is 8.63. The second-order valence-electron chi connectivity index (χ2n) is 17.5. The average molecular weight is 1190 g/mol. The number of carbonyl (C=O) groups excluding carboxylic acids is 1. The molecular weight excluding hydrogens is 1160 g/mol. The monoisotopic (exact) mass is 1190 g/mol. The zero-order valence-corrected chi connectivity index (χ0v) is 39.4. The minimum Gasteiger partial charge on any atom is -0.392 e. The van der Waals surface area contributed by atoms with Crippen molar-refractivity contribution in [1.82, 2.24) is 0 Å². The minimum atomic E-state index is -6.13. The Hall–Kier alpha value is -8.02. The lowest BCUT2D eigenvalue weighted by Crippen LogP contribution is -2.75. The molecule has 0 aliphatic carbocycles. The second kappa shape index (κ2) is 21.8. The molecule has 0 bridgehead atoms. The predicted octanol–water partition coefficient (Wildman–Crippen LogP) is 13.8. The fourth-order valence-electron chi connectivity index (χ4n) is 8.63. The van der Waals surface area contributed by atoms with E-state index in [2.05, 4.69) is 0 Å². The number of nitrogens with zero attached hydrogens (tertiary/aromatic N) is 2. The van der Waals surface area contributed by atoms with Crippen molar-refractivity contribution >= 4 is 44.9 Å². The molecular formula is C50H27BF24N2O4. The van der Waals surface area contributed by atoms with Crippen LogP contribution in [0.2, 0.25) is 0 Å². The Morgan fingerprint density at radius 2 is 0.691 bits per heavy atom. The number of rotatable bonds is 9. The third kappa shape index (κ3) is 14.3. The van der Waals surface area contributed by atoms with Crippen molar-refractivity contribution in [1.29, 1.82) is 0 Å². The lowest BCUT2D eigenvalue weighted by Gasteiger charge is -2.46. The minimum absolute atomic E-state index is 0.277. The van der Waals surface area contributed by atoms with E-state index in [1.807, 2.05) is 59.2 Å². The highest BCUT2D eigenvalue weighted by atomic mass is 19.4. The Morgan fingerprint density at radius 3 is 0.975 bits per heavy atom. The maximum atomic E-state index is 14.2. The van der Waals surface area contributed by atoms with E-state index >= 15 is 0 Å². The van der Waals surface area contributed by atoms with Crippen LogP contribution >= 0.6 is 0 Å². The molecule has 0 unspecified atom stereocenters. The molecule has 1 aromatic heterocycles. The molecule has 432 valence electrons. The van der Waals surface area contributed by atoms with Gasteiger partial charge in [-0.3, -0.25) is 10.1 Å². The molecule has 0 fully saturated rings. The van der Waals surface area contributed by atoms with Crippen molar-refractivity contribution in [2.75, 3.05) is 6.73 Å². The van der Waals surface area contributed by atoms with Crippen LogP contribution < -0.4 is 26.4 Å². The van der Waals surface area contributed by atoms with E-state index in [1.54, 1.807) is 12.1 Å². The number of fused-ring (bicyclic) bond motifs is 1. The number of carbonyl (C=O) groups is 1. The molecule has 31 heteroatoms. The molecule has 7 rings (SSSR count). The van der Waals surface area contributed by atoms with Gasteiger partial charge in [0.05, 0.1) is 49.4 Å². The largest absolute Gasteiger partial charge is 0.416 e. The average Bonchev–Trinajstić information content (AvgIpc) is 3.55. The van der Waals surface area contributed by atoms with Crippen LogP contribution in [0.5, 0.6) is 0 Å². The van der Waals surface area contributed by atoms with Gasteiger partial charge < -0.3 is 4.74 Å². The number of esters is 1. The van der Waals surface area contributed by atoms with Crippen LogP contribution in [0.4, 0.5) is 105 Å². The Labute approximate surface area is 436 Å². The van der Waals surface area contributed by atoms with Crippen LogP contribution in [0.25, 0.3) is 10.9 Å². The molecule has 1 heterocycles. The molecule has 0 N–H and O–H groups in total. The first-order valence-electron chi connectivity index (χ1n) is 22.0. The molecule has 0 spiro atoms. The highest BCUT2D eigenvalue weighted by Gasteiger charge is 2.47. The maximum Gasteiger partial charge on any atom is 0.416 e. The summed E-state index contributed by atoms with van der Waals surface area (Å²) in [5.41, 5.74) is -28.1. The van der Waals surface area contributed by atoms with Crippen molar-refractivity contribution in [2.45, 2.75) is 56.0 Å². The lowest BCUT2D eigenvalue weighted by molar-refractivity contribution is -0.665. The van der Waals surface area contributed by atoms with E-state index in [0.29, 0.717) is 6.54 Å². The van der Waals surface area contributed by atoms with E-state index in [4.69, 9.17) is 4.74 Å². The van der Waals surface area contributed by atoms with Gasteiger partial charge in [0.2, 0.25) is 5.52 Å². The second-order valence-corrected chi connectivity index (χ2v) is 17.5. The maximum absolute atomic E-state index is 14.2. The molecule has 6 nitrogen and oxygen atoms in total. The van der Waals surface area contributed by atoms with Crippen LogP contribution in [-0.4, -0.2) is 23.8 Å².